The minimum atomic E-state index is -4.68. The van der Waals surface area contributed by atoms with Crippen molar-refractivity contribution >= 4 is 7.60 Å². The van der Waals surface area contributed by atoms with Crippen molar-refractivity contribution in [2.75, 3.05) is 0 Å². The zero-order chi connectivity index (χ0) is 6.08. The zero-order valence-electron chi connectivity index (χ0n) is 5.70. The fourth-order valence-electron chi connectivity index (χ4n) is 0. The monoisotopic (exact) mass is 170 g/mol. The summed E-state index contributed by atoms with van der Waals surface area (Å²) in [6.07, 6.45) is 0. The third-order valence-corrected chi connectivity index (χ3v) is 1.37. The average molecular weight is 170 g/mol. The molecule has 0 aliphatic rings. The predicted octanol–water partition coefficient (Wildman–Crippen LogP) is -7.75. The van der Waals surface area contributed by atoms with Crippen LogP contribution in [0.2, 0.25) is 0 Å². The van der Waals surface area contributed by atoms with E-state index < -0.39 is 13.4 Å². The summed E-state index contributed by atoms with van der Waals surface area (Å²) in [5.74, 6) is -1.76. The number of aliphatic hydroxyl groups is 1. The minimum Gasteiger partial charge on any atom is -0.809 e. The van der Waals surface area contributed by atoms with E-state index in [-0.39, 0.29) is 59.1 Å². The van der Waals surface area contributed by atoms with Crippen LogP contribution in [0.4, 0.5) is 0 Å². The first-order valence-electron chi connectivity index (χ1n) is 1.64. The van der Waals surface area contributed by atoms with Crippen LogP contribution >= 0.6 is 7.60 Å². The van der Waals surface area contributed by atoms with E-state index in [1.807, 2.05) is 0 Å². The van der Waals surface area contributed by atoms with Gasteiger partial charge in [0, 0.05) is 0 Å². The normalized spacial score (nSPS) is 12.9. The van der Waals surface area contributed by atoms with Crippen molar-refractivity contribution in [3.8, 4) is 0 Å². The molecule has 0 radical (unpaired) electrons. The molecule has 0 aromatic carbocycles. The number of rotatable bonds is 1. The largest absolute Gasteiger partial charge is 1.00 e. The van der Waals surface area contributed by atoms with E-state index in [4.69, 9.17) is 5.11 Å². The Morgan fingerprint density at radius 3 is 1.56 bits per heavy atom. The Morgan fingerprint density at radius 1 is 1.44 bits per heavy atom. The van der Waals surface area contributed by atoms with Gasteiger partial charge in [-0.15, -0.1) is 0 Å². The van der Waals surface area contributed by atoms with Gasteiger partial charge in [-0.2, -0.15) is 0 Å². The molecule has 0 saturated heterocycles. The standard InChI is InChI=1S/C2H7O4P.2Na/c1-2(3)7(4,5)6;;/h2-3H,1H3,(H2,4,5,6);;/q;2*+1/p-2. The second-order valence-electron chi connectivity index (χ2n) is 1.17. The van der Waals surface area contributed by atoms with Gasteiger partial charge in [0.15, 0.2) is 0 Å². The maximum atomic E-state index is 9.55. The molecule has 1 N–H and O–H groups in total. The van der Waals surface area contributed by atoms with Crippen LogP contribution in [-0.4, -0.2) is 11.0 Å². The van der Waals surface area contributed by atoms with Crippen LogP contribution in [0.25, 0.3) is 0 Å². The Balaban J connectivity index is -0.000000180. The van der Waals surface area contributed by atoms with Gasteiger partial charge >= 0.3 is 59.1 Å². The first-order valence-corrected chi connectivity index (χ1v) is 3.25. The Labute approximate surface area is 97.8 Å². The van der Waals surface area contributed by atoms with Crippen LogP contribution in [0, 0.1) is 0 Å². The molecule has 0 aromatic heterocycles. The number of aliphatic hydroxyl groups excluding tert-OH is 1. The van der Waals surface area contributed by atoms with Crippen LogP contribution < -0.4 is 68.9 Å². The molecule has 0 heterocycles. The van der Waals surface area contributed by atoms with E-state index in [9.17, 15) is 14.4 Å². The molecule has 0 aliphatic heterocycles. The van der Waals surface area contributed by atoms with Crippen molar-refractivity contribution in [1.82, 2.24) is 0 Å². The van der Waals surface area contributed by atoms with Crippen molar-refractivity contribution < 1.29 is 78.6 Å². The van der Waals surface area contributed by atoms with E-state index >= 15 is 0 Å². The number of hydrogen-bond donors (Lipinski definition) is 1. The Hall–Kier alpha value is 2.11. The van der Waals surface area contributed by atoms with Gasteiger partial charge in [0.25, 0.3) is 0 Å². The average Bonchev–Trinajstić information content (AvgIpc) is 1.31. The molecule has 0 saturated carbocycles. The Morgan fingerprint density at radius 2 is 1.56 bits per heavy atom. The van der Waals surface area contributed by atoms with Crippen LogP contribution in [0.3, 0.4) is 0 Å². The summed E-state index contributed by atoms with van der Waals surface area (Å²) < 4.78 is 9.55. The smallest absolute Gasteiger partial charge is 0.809 e. The molecule has 4 nitrogen and oxygen atoms in total. The van der Waals surface area contributed by atoms with E-state index in [1.54, 1.807) is 0 Å². The van der Waals surface area contributed by atoms with Crippen molar-refractivity contribution in [3.63, 3.8) is 0 Å². The minimum absolute atomic E-state index is 0. The molecular formula is C2H5Na2O4P. The van der Waals surface area contributed by atoms with Crippen LogP contribution in [0.1, 0.15) is 6.92 Å². The molecule has 44 valence electrons. The van der Waals surface area contributed by atoms with Crippen molar-refractivity contribution in [3.05, 3.63) is 0 Å². The Kier molecular flexibility index (Phi) is 13.0. The van der Waals surface area contributed by atoms with Crippen LogP contribution in [-0.2, 0) is 4.57 Å². The fraction of sp³-hybridized carbons (Fsp3) is 1.00. The molecular weight excluding hydrogens is 165 g/mol. The second kappa shape index (κ2) is 6.80. The van der Waals surface area contributed by atoms with Crippen LogP contribution in [0.5, 0.6) is 0 Å². The van der Waals surface area contributed by atoms with Gasteiger partial charge in [-0.3, -0.25) is 0 Å². The molecule has 0 bridgehead atoms. The maximum Gasteiger partial charge on any atom is 1.00 e. The van der Waals surface area contributed by atoms with Crippen molar-refractivity contribution in [2.45, 2.75) is 12.8 Å². The van der Waals surface area contributed by atoms with Crippen molar-refractivity contribution in [1.29, 1.82) is 0 Å². The van der Waals surface area contributed by atoms with E-state index in [0.29, 0.717) is 0 Å². The molecule has 7 heteroatoms. The third kappa shape index (κ3) is 10.1. The fourth-order valence-corrected chi connectivity index (χ4v) is 0. The van der Waals surface area contributed by atoms with Gasteiger partial charge in [0.05, 0.1) is 5.85 Å². The zero-order valence-corrected chi connectivity index (χ0v) is 10.6. The second-order valence-corrected chi connectivity index (χ2v) is 3.00. The summed E-state index contributed by atoms with van der Waals surface area (Å²) in [6, 6.07) is 0. The molecule has 0 fully saturated rings. The van der Waals surface area contributed by atoms with Gasteiger partial charge < -0.3 is 19.5 Å². The maximum absolute atomic E-state index is 9.55. The molecule has 0 aromatic rings. The SMILES string of the molecule is CC(O)P(=O)([O-])[O-].[Na+].[Na+]. The molecule has 1 unspecified atom stereocenters. The van der Waals surface area contributed by atoms with Gasteiger partial charge in [-0.25, -0.2) is 0 Å². The topological polar surface area (TPSA) is 83.4 Å². The summed E-state index contributed by atoms with van der Waals surface area (Å²) >= 11 is 0. The predicted molar refractivity (Wildman–Crippen MR) is 19.3 cm³/mol. The summed E-state index contributed by atoms with van der Waals surface area (Å²) in [5.41, 5.74) is 0. The molecule has 0 aliphatic carbocycles. The van der Waals surface area contributed by atoms with Crippen molar-refractivity contribution in [2.24, 2.45) is 0 Å². The van der Waals surface area contributed by atoms with Gasteiger partial charge in [-0.1, -0.05) is 0 Å². The number of hydrogen-bond acceptors (Lipinski definition) is 4. The molecule has 0 rings (SSSR count). The summed E-state index contributed by atoms with van der Waals surface area (Å²) in [5, 5.41) is 8.00. The Bertz CT molecular complexity index is 98.7. The summed E-state index contributed by atoms with van der Waals surface area (Å²) in [4.78, 5) is 19.1. The quantitative estimate of drug-likeness (QED) is 0.313. The van der Waals surface area contributed by atoms with Gasteiger partial charge in [0.1, 0.15) is 0 Å². The van der Waals surface area contributed by atoms with E-state index in [0.717, 1.165) is 6.92 Å². The molecule has 9 heavy (non-hydrogen) atoms. The molecule has 0 amide bonds. The van der Waals surface area contributed by atoms with E-state index in [1.165, 1.54) is 0 Å². The first-order chi connectivity index (χ1) is 2.94. The first kappa shape index (κ1) is 17.3. The third-order valence-electron chi connectivity index (χ3n) is 0.458. The van der Waals surface area contributed by atoms with Gasteiger partial charge in [-0.05, 0) is 14.5 Å². The van der Waals surface area contributed by atoms with Crippen LogP contribution in [0.15, 0.2) is 0 Å². The summed E-state index contributed by atoms with van der Waals surface area (Å²) in [7, 11) is -4.68. The van der Waals surface area contributed by atoms with E-state index in [2.05, 4.69) is 0 Å². The molecule has 0 spiro atoms. The van der Waals surface area contributed by atoms with Gasteiger partial charge in [0.2, 0.25) is 0 Å². The summed E-state index contributed by atoms with van der Waals surface area (Å²) in [6.45, 7) is 0.917. The molecule has 1 atom stereocenters.